The molecule has 0 aliphatic heterocycles. The summed E-state index contributed by atoms with van der Waals surface area (Å²) in [7, 11) is 0. The molecule has 0 atom stereocenters. The van der Waals surface area contributed by atoms with Crippen molar-refractivity contribution in [3.63, 3.8) is 0 Å². The molecule has 15 heavy (non-hydrogen) atoms. The highest BCUT2D eigenvalue weighted by Crippen LogP contribution is 2.15. The smallest absolute Gasteiger partial charge is 0.315 e. The maximum absolute atomic E-state index is 12.2. The van der Waals surface area contributed by atoms with E-state index in [9.17, 15) is 4.39 Å². The van der Waals surface area contributed by atoms with Crippen molar-refractivity contribution in [3.05, 3.63) is 0 Å². The van der Waals surface area contributed by atoms with Gasteiger partial charge < -0.3 is 10.2 Å². The molecular weight excluding hydrogens is 195 g/mol. The van der Waals surface area contributed by atoms with Crippen LogP contribution >= 0.6 is 0 Å². The van der Waals surface area contributed by atoms with Crippen LogP contribution in [0.25, 0.3) is 0 Å². The Hall–Kier alpha value is -0.150. The largest absolute Gasteiger partial charge is 0.340 e. The highest BCUT2D eigenvalue weighted by atomic mass is 19.2. The molecule has 0 rings (SSSR count). The molecule has 0 fully saturated rings. The second kappa shape index (κ2) is 9.10. The zero-order valence-corrected chi connectivity index (χ0v) is 9.84. The zero-order chi connectivity index (χ0) is 11.6. The molecule has 0 aliphatic carbocycles. The van der Waals surface area contributed by atoms with Gasteiger partial charge in [-0.05, 0) is 6.42 Å². The molecule has 0 aliphatic rings. The first-order valence-corrected chi connectivity index (χ1v) is 6.20. The minimum atomic E-state index is -2.96. The lowest BCUT2D eigenvalue weighted by molar-refractivity contribution is -0.262. The summed E-state index contributed by atoms with van der Waals surface area (Å²) < 4.78 is 12.2. The van der Waals surface area contributed by atoms with E-state index < -0.39 is 6.04 Å². The van der Waals surface area contributed by atoms with Crippen molar-refractivity contribution in [1.29, 1.82) is 0 Å². The van der Waals surface area contributed by atoms with Crippen LogP contribution in [0.1, 0.15) is 71.1 Å². The van der Waals surface area contributed by atoms with Gasteiger partial charge in [0.15, 0.2) is 0 Å². The first-order chi connectivity index (χ1) is 7.06. The van der Waals surface area contributed by atoms with Gasteiger partial charge in [0.05, 0.1) is 0 Å². The van der Waals surface area contributed by atoms with Gasteiger partial charge in [-0.1, -0.05) is 58.3 Å². The first kappa shape index (κ1) is 14.8. The number of aliphatic hydroxyl groups is 2. The summed E-state index contributed by atoms with van der Waals surface area (Å²) in [5.41, 5.74) is 0. The van der Waals surface area contributed by atoms with Crippen LogP contribution in [0.3, 0.4) is 0 Å². The molecule has 0 spiro atoms. The number of hydrogen-bond acceptors (Lipinski definition) is 2. The van der Waals surface area contributed by atoms with Crippen LogP contribution in [0.15, 0.2) is 0 Å². The number of halogens is 1. The number of rotatable bonds is 10. The van der Waals surface area contributed by atoms with E-state index in [1.165, 1.54) is 38.5 Å². The maximum atomic E-state index is 12.2. The highest BCUT2D eigenvalue weighted by molar-refractivity contribution is 4.51. The zero-order valence-electron chi connectivity index (χ0n) is 9.84. The van der Waals surface area contributed by atoms with E-state index in [1.807, 2.05) is 0 Å². The standard InChI is InChI=1S/C12H25FO2/c1-2-3-4-5-6-7-8-9-10-11-12(13,14)15/h14-15H,2-11H2,1H3. The van der Waals surface area contributed by atoms with Crippen molar-refractivity contribution in [3.8, 4) is 0 Å². The average molecular weight is 220 g/mol. The van der Waals surface area contributed by atoms with E-state index in [-0.39, 0.29) is 6.42 Å². The van der Waals surface area contributed by atoms with Crippen LogP contribution in [0.4, 0.5) is 4.39 Å². The van der Waals surface area contributed by atoms with Crippen molar-refractivity contribution in [2.24, 2.45) is 0 Å². The molecule has 0 aromatic rings. The predicted molar refractivity (Wildman–Crippen MR) is 60.1 cm³/mol. The quantitative estimate of drug-likeness (QED) is 0.437. The van der Waals surface area contributed by atoms with E-state index in [0.29, 0.717) is 6.42 Å². The molecule has 0 bridgehead atoms. The molecule has 0 aromatic heterocycles. The van der Waals surface area contributed by atoms with Crippen molar-refractivity contribution < 1.29 is 14.6 Å². The molecule has 92 valence electrons. The van der Waals surface area contributed by atoms with E-state index in [2.05, 4.69) is 6.92 Å². The molecule has 0 saturated heterocycles. The van der Waals surface area contributed by atoms with E-state index in [1.54, 1.807) is 0 Å². The van der Waals surface area contributed by atoms with Gasteiger partial charge in [-0.25, -0.2) is 0 Å². The Kier molecular flexibility index (Phi) is 9.01. The van der Waals surface area contributed by atoms with Crippen molar-refractivity contribution in [2.45, 2.75) is 77.2 Å². The lowest BCUT2D eigenvalue weighted by Gasteiger charge is -2.10. The van der Waals surface area contributed by atoms with Gasteiger partial charge in [0.2, 0.25) is 0 Å². The lowest BCUT2D eigenvalue weighted by Crippen LogP contribution is -2.20. The molecule has 2 N–H and O–H groups in total. The molecule has 0 unspecified atom stereocenters. The summed E-state index contributed by atoms with van der Waals surface area (Å²) in [6, 6.07) is -2.96. The fourth-order valence-electron chi connectivity index (χ4n) is 1.66. The Morgan fingerprint density at radius 2 is 1.20 bits per heavy atom. The Morgan fingerprint density at radius 1 is 0.800 bits per heavy atom. The first-order valence-electron chi connectivity index (χ1n) is 6.20. The predicted octanol–water partition coefficient (Wildman–Crippen LogP) is 3.52. The highest BCUT2D eigenvalue weighted by Gasteiger charge is 2.19. The topological polar surface area (TPSA) is 40.5 Å². The Morgan fingerprint density at radius 3 is 1.60 bits per heavy atom. The minimum Gasteiger partial charge on any atom is -0.340 e. The molecule has 3 heteroatoms. The van der Waals surface area contributed by atoms with Gasteiger partial charge in [-0.15, -0.1) is 0 Å². The normalized spacial score (nSPS) is 12.0. The molecule has 0 amide bonds. The number of hydrogen-bond donors (Lipinski definition) is 2. The van der Waals surface area contributed by atoms with Gasteiger partial charge in [0.25, 0.3) is 0 Å². The summed E-state index contributed by atoms with van der Waals surface area (Å²) in [5.74, 6) is 0. The third kappa shape index (κ3) is 13.9. The van der Waals surface area contributed by atoms with E-state index in [4.69, 9.17) is 10.2 Å². The van der Waals surface area contributed by atoms with Crippen LogP contribution < -0.4 is 0 Å². The molecular formula is C12H25FO2. The van der Waals surface area contributed by atoms with Crippen molar-refractivity contribution in [1.82, 2.24) is 0 Å². The Labute approximate surface area is 92.5 Å². The molecule has 0 saturated carbocycles. The van der Waals surface area contributed by atoms with Crippen LogP contribution in [0.2, 0.25) is 0 Å². The van der Waals surface area contributed by atoms with Crippen LogP contribution in [-0.2, 0) is 0 Å². The lowest BCUT2D eigenvalue weighted by atomic mass is 10.1. The summed E-state index contributed by atoms with van der Waals surface area (Å²) in [5, 5.41) is 16.8. The third-order valence-electron chi connectivity index (χ3n) is 2.60. The fourth-order valence-corrected chi connectivity index (χ4v) is 1.66. The van der Waals surface area contributed by atoms with Gasteiger partial charge in [-0.2, -0.15) is 4.39 Å². The number of alkyl halides is 1. The van der Waals surface area contributed by atoms with Gasteiger partial charge in [0.1, 0.15) is 0 Å². The summed E-state index contributed by atoms with van der Waals surface area (Å²) >= 11 is 0. The molecule has 2 nitrogen and oxygen atoms in total. The fraction of sp³-hybridized carbons (Fsp3) is 1.00. The third-order valence-corrected chi connectivity index (χ3v) is 2.60. The van der Waals surface area contributed by atoms with Crippen molar-refractivity contribution >= 4 is 0 Å². The van der Waals surface area contributed by atoms with Crippen LogP contribution in [-0.4, -0.2) is 16.3 Å². The second-order valence-corrected chi connectivity index (χ2v) is 4.30. The second-order valence-electron chi connectivity index (χ2n) is 4.30. The molecule has 0 radical (unpaired) electrons. The summed E-state index contributed by atoms with van der Waals surface area (Å²) in [4.78, 5) is 0. The molecule has 0 aromatic carbocycles. The Balaban J connectivity index is 2.99. The van der Waals surface area contributed by atoms with Gasteiger partial charge in [0, 0.05) is 6.42 Å². The van der Waals surface area contributed by atoms with E-state index >= 15 is 0 Å². The van der Waals surface area contributed by atoms with Crippen LogP contribution in [0.5, 0.6) is 0 Å². The SMILES string of the molecule is CCCCCCCCCCCC(O)(O)F. The Bertz CT molecular complexity index is 132. The van der Waals surface area contributed by atoms with Crippen molar-refractivity contribution in [2.75, 3.05) is 0 Å². The summed E-state index contributed by atoms with van der Waals surface area (Å²) in [6.45, 7) is 2.20. The number of unbranched alkanes of at least 4 members (excludes halogenated alkanes) is 8. The van der Waals surface area contributed by atoms with Gasteiger partial charge in [-0.3, -0.25) is 0 Å². The molecule has 0 heterocycles. The summed E-state index contributed by atoms with van der Waals surface area (Å²) in [6.07, 6.45) is 9.98. The van der Waals surface area contributed by atoms with E-state index in [0.717, 1.165) is 12.8 Å². The monoisotopic (exact) mass is 220 g/mol. The maximum Gasteiger partial charge on any atom is 0.315 e. The average Bonchev–Trinajstić information content (AvgIpc) is 2.14. The van der Waals surface area contributed by atoms with Crippen LogP contribution in [0, 0.1) is 0 Å². The van der Waals surface area contributed by atoms with Gasteiger partial charge >= 0.3 is 6.04 Å². The minimum absolute atomic E-state index is 0.164.